The summed E-state index contributed by atoms with van der Waals surface area (Å²) in [5, 5.41) is 13.6. The molecule has 0 bridgehead atoms. The van der Waals surface area contributed by atoms with Crippen molar-refractivity contribution < 1.29 is 5.11 Å². The van der Waals surface area contributed by atoms with E-state index in [0.717, 1.165) is 21.8 Å². The third-order valence-corrected chi connectivity index (χ3v) is 4.31. The zero-order chi connectivity index (χ0) is 14.0. The number of aryl methyl sites for hydroxylation is 2. The van der Waals surface area contributed by atoms with E-state index in [9.17, 15) is 9.90 Å². The van der Waals surface area contributed by atoms with E-state index in [4.69, 9.17) is 0 Å². The highest BCUT2D eigenvalue weighted by molar-refractivity contribution is 7.18. The van der Waals surface area contributed by atoms with E-state index in [1.54, 1.807) is 0 Å². The molecular formula is C13H19N3O2S. The summed E-state index contributed by atoms with van der Waals surface area (Å²) in [5.74, 6) is 0. The number of aliphatic hydroxyl groups is 1. The van der Waals surface area contributed by atoms with Crippen molar-refractivity contribution in [3.05, 3.63) is 27.1 Å². The first-order valence-electron chi connectivity index (χ1n) is 6.38. The Balaban J connectivity index is 2.32. The fraction of sp³-hybridized carbons (Fsp3) is 0.538. The summed E-state index contributed by atoms with van der Waals surface area (Å²) in [5.41, 5.74) is 0.926. The number of nitrogens with one attached hydrogen (secondary N) is 1. The predicted molar refractivity (Wildman–Crippen MR) is 77.9 cm³/mol. The van der Waals surface area contributed by atoms with Crippen molar-refractivity contribution in [2.75, 3.05) is 13.1 Å². The van der Waals surface area contributed by atoms with Crippen LogP contribution in [0.4, 0.5) is 0 Å². The molecule has 0 aliphatic rings. The molecule has 2 heterocycles. The first-order valence-corrected chi connectivity index (χ1v) is 7.20. The van der Waals surface area contributed by atoms with Gasteiger partial charge in [0.05, 0.1) is 24.4 Å². The molecule has 0 aromatic carbocycles. The molecule has 1 atom stereocenters. The fourth-order valence-electron chi connectivity index (χ4n) is 2.00. The van der Waals surface area contributed by atoms with Gasteiger partial charge in [0.25, 0.3) is 5.56 Å². The van der Waals surface area contributed by atoms with Gasteiger partial charge in [-0.25, -0.2) is 4.98 Å². The Morgan fingerprint density at radius 2 is 2.26 bits per heavy atom. The molecule has 0 aliphatic heterocycles. The van der Waals surface area contributed by atoms with Crippen molar-refractivity contribution in [1.82, 2.24) is 14.9 Å². The summed E-state index contributed by atoms with van der Waals surface area (Å²) >= 11 is 1.54. The topological polar surface area (TPSA) is 67.2 Å². The monoisotopic (exact) mass is 281 g/mol. The van der Waals surface area contributed by atoms with Gasteiger partial charge in [-0.15, -0.1) is 11.3 Å². The molecule has 5 nitrogen and oxygen atoms in total. The highest BCUT2D eigenvalue weighted by Crippen LogP contribution is 2.25. The van der Waals surface area contributed by atoms with E-state index >= 15 is 0 Å². The van der Waals surface area contributed by atoms with Gasteiger partial charge in [-0.3, -0.25) is 9.36 Å². The minimum Gasteiger partial charge on any atom is -0.390 e. The zero-order valence-electron chi connectivity index (χ0n) is 11.4. The maximum absolute atomic E-state index is 12.4. The molecule has 104 valence electrons. The number of hydrogen-bond donors (Lipinski definition) is 2. The van der Waals surface area contributed by atoms with Crippen LogP contribution in [-0.4, -0.2) is 33.9 Å². The van der Waals surface area contributed by atoms with E-state index in [0.29, 0.717) is 11.9 Å². The van der Waals surface area contributed by atoms with Crippen LogP contribution >= 0.6 is 11.3 Å². The molecule has 0 fully saturated rings. The molecule has 0 saturated heterocycles. The maximum atomic E-state index is 12.4. The van der Waals surface area contributed by atoms with E-state index in [2.05, 4.69) is 10.3 Å². The van der Waals surface area contributed by atoms with E-state index in [-0.39, 0.29) is 12.1 Å². The van der Waals surface area contributed by atoms with Gasteiger partial charge in [-0.2, -0.15) is 0 Å². The third-order valence-electron chi connectivity index (χ3n) is 3.19. The van der Waals surface area contributed by atoms with Gasteiger partial charge in [0.15, 0.2) is 0 Å². The largest absolute Gasteiger partial charge is 0.390 e. The summed E-state index contributed by atoms with van der Waals surface area (Å²) in [6.07, 6.45) is 0.937. The first-order chi connectivity index (χ1) is 9.04. The number of nitrogens with zero attached hydrogens (tertiary/aromatic N) is 2. The van der Waals surface area contributed by atoms with Gasteiger partial charge in [0.2, 0.25) is 0 Å². The van der Waals surface area contributed by atoms with Crippen LogP contribution in [0.15, 0.2) is 11.1 Å². The van der Waals surface area contributed by atoms with E-state index in [1.165, 1.54) is 22.2 Å². The highest BCUT2D eigenvalue weighted by Gasteiger charge is 2.13. The van der Waals surface area contributed by atoms with Crippen molar-refractivity contribution in [3.63, 3.8) is 0 Å². The summed E-state index contributed by atoms with van der Waals surface area (Å²) in [6, 6.07) is 0. The molecule has 19 heavy (non-hydrogen) atoms. The van der Waals surface area contributed by atoms with Gasteiger partial charge in [-0.1, -0.05) is 6.92 Å². The quantitative estimate of drug-likeness (QED) is 0.859. The standard InChI is InChI=1S/C13H19N3O2S/c1-4-14-5-10(17)6-16-7-15-12-11(13(16)18)8(2)9(3)19-12/h7,10,14,17H,4-6H2,1-3H3. The van der Waals surface area contributed by atoms with Gasteiger partial charge in [0, 0.05) is 11.4 Å². The lowest BCUT2D eigenvalue weighted by Crippen LogP contribution is -2.33. The minimum atomic E-state index is -0.586. The highest BCUT2D eigenvalue weighted by atomic mass is 32.1. The smallest absolute Gasteiger partial charge is 0.262 e. The molecule has 1 unspecified atom stereocenters. The molecule has 6 heteroatoms. The molecule has 2 aromatic rings. The first kappa shape index (κ1) is 14.2. The van der Waals surface area contributed by atoms with Crippen molar-refractivity contribution in [2.45, 2.75) is 33.4 Å². The van der Waals surface area contributed by atoms with Crippen molar-refractivity contribution in [3.8, 4) is 0 Å². The summed E-state index contributed by atoms with van der Waals surface area (Å²) < 4.78 is 1.49. The lowest BCUT2D eigenvalue weighted by Gasteiger charge is -2.12. The Kier molecular flexibility index (Phi) is 4.34. The molecule has 0 spiro atoms. The minimum absolute atomic E-state index is 0.0672. The zero-order valence-corrected chi connectivity index (χ0v) is 12.3. The molecule has 2 rings (SSSR count). The number of aromatic nitrogens is 2. The molecule has 0 aliphatic carbocycles. The number of likely N-dealkylation sites (N-methyl/N-ethyl adjacent to an activating group) is 1. The number of rotatable bonds is 5. The Hall–Kier alpha value is -1.24. The maximum Gasteiger partial charge on any atom is 0.262 e. The summed E-state index contributed by atoms with van der Waals surface area (Å²) in [7, 11) is 0. The number of thiophene rings is 1. The van der Waals surface area contributed by atoms with Crippen LogP contribution in [-0.2, 0) is 6.54 Å². The average molecular weight is 281 g/mol. The Morgan fingerprint density at radius 3 is 2.95 bits per heavy atom. The second kappa shape index (κ2) is 5.81. The van der Waals surface area contributed by atoms with Crippen LogP contribution in [0.2, 0.25) is 0 Å². The molecule has 0 amide bonds. The number of aliphatic hydroxyl groups excluding tert-OH is 1. The fourth-order valence-corrected chi connectivity index (χ4v) is 2.99. The lowest BCUT2D eigenvalue weighted by molar-refractivity contribution is 0.150. The number of hydrogen-bond acceptors (Lipinski definition) is 5. The van der Waals surface area contributed by atoms with Crippen LogP contribution in [0.5, 0.6) is 0 Å². The lowest BCUT2D eigenvalue weighted by atomic mass is 10.2. The van der Waals surface area contributed by atoms with Crippen LogP contribution in [0, 0.1) is 13.8 Å². The van der Waals surface area contributed by atoms with Gasteiger partial charge in [-0.05, 0) is 26.0 Å². The van der Waals surface area contributed by atoms with Gasteiger partial charge < -0.3 is 10.4 Å². The van der Waals surface area contributed by atoms with Crippen LogP contribution in [0.1, 0.15) is 17.4 Å². The van der Waals surface area contributed by atoms with Crippen molar-refractivity contribution in [2.24, 2.45) is 0 Å². The molecule has 0 radical (unpaired) electrons. The third kappa shape index (κ3) is 2.86. The van der Waals surface area contributed by atoms with E-state index < -0.39 is 6.10 Å². The SMILES string of the molecule is CCNCC(O)Cn1cnc2sc(C)c(C)c2c1=O. The number of fused-ring (bicyclic) bond motifs is 1. The second-order valence-electron chi connectivity index (χ2n) is 4.63. The Morgan fingerprint density at radius 1 is 1.53 bits per heavy atom. The van der Waals surface area contributed by atoms with Gasteiger partial charge in [0.1, 0.15) is 4.83 Å². The van der Waals surface area contributed by atoms with Gasteiger partial charge >= 0.3 is 0 Å². The van der Waals surface area contributed by atoms with E-state index in [1.807, 2.05) is 20.8 Å². The Bertz CT molecular complexity index is 633. The summed E-state index contributed by atoms with van der Waals surface area (Å²) in [4.78, 5) is 18.6. The molecule has 0 saturated carbocycles. The Labute approximate surface area is 115 Å². The van der Waals surface area contributed by atoms with Crippen LogP contribution in [0.25, 0.3) is 10.2 Å². The molecule has 2 aromatic heterocycles. The van der Waals surface area contributed by atoms with Crippen LogP contribution < -0.4 is 10.9 Å². The van der Waals surface area contributed by atoms with Crippen LogP contribution in [0.3, 0.4) is 0 Å². The predicted octanol–water partition coefficient (Wildman–Crippen LogP) is 1.05. The summed E-state index contributed by atoms with van der Waals surface area (Å²) in [6.45, 7) is 7.45. The normalized spacial score (nSPS) is 13.1. The molecular weight excluding hydrogens is 262 g/mol. The van der Waals surface area contributed by atoms with Crippen molar-refractivity contribution >= 4 is 21.6 Å². The average Bonchev–Trinajstić information content (AvgIpc) is 2.67. The van der Waals surface area contributed by atoms with Crippen molar-refractivity contribution in [1.29, 1.82) is 0 Å². The second-order valence-corrected chi connectivity index (χ2v) is 5.83. The molecule has 2 N–H and O–H groups in total.